The molecule has 3 rings (SSSR count). The summed E-state index contributed by atoms with van der Waals surface area (Å²) in [6.45, 7) is 4.61. The lowest BCUT2D eigenvalue weighted by molar-refractivity contribution is -0.119. The molecule has 0 aromatic heterocycles. The zero-order valence-corrected chi connectivity index (χ0v) is 23.2. The van der Waals surface area contributed by atoms with Crippen molar-refractivity contribution in [2.45, 2.75) is 29.4 Å². The van der Waals surface area contributed by atoms with Crippen LogP contribution in [0, 0.1) is 6.92 Å². The Hall–Kier alpha value is -2.62. The molecule has 3 aromatic carbocycles. The molecule has 192 valence electrons. The molecular weight excluding hydrogens is 513 g/mol. The molecule has 9 heteroatoms. The molecule has 36 heavy (non-hydrogen) atoms. The number of nitrogens with zero attached hydrogens (tertiary/aromatic N) is 1. The number of carbonyl (C=O) groups excluding carboxylic acids is 1. The largest absolute Gasteiger partial charge is 0.494 e. The minimum atomic E-state index is -3.96. The predicted octanol–water partition coefficient (Wildman–Crippen LogP) is 5.36. The third kappa shape index (κ3) is 7.69. The van der Waals surface area contributed by atoms with Gasteiger partial charge in [-0.1, -0.05) is 24.3 Å². The second-order valence-corrected chi connectivity index (χ2v) is 11.8. The molecule has 0 bridgehead atoms. The highest BCUT2D eigenvalue weighted by Crippen LogP contribution is 2.27. The lowest BCUT2D eigenvalue weighted by Crippen LogP contribution is -2.41. The van der Waals surface area contributed by atoms with Gasteiger partial charge in [0.2, 0.25) is 5.91 Å². The first-order valence-electron chi connectivity index (χ1n) is 11.6. The molecule has 3 aromatic rings. The van der Waals surface area contributed by atoms with Crippen molar-refractivity contribution in [2.75, 3.05) is 36.0 Å². The summed E-state index contributed by atoms with van der Waals surface area (Å²) in [5.74, 6) is 1.87. The second kappa shape index (κ2) is 13.6. The van der Waals surface area contributed by atoms with Gasteiger partial charge in [0.05, 0.1) is 17.2 Å². The minimum absolute atomic E-state index is 0.135. The number of sulfonamides is 1. The van der Waals surface area contributed by atoms with Crippen LogP contribution in [0.25, 0.3) is 0 Å². The van der Waals surface area contributed by atoms with Crippen LogP contribution < -0.4 is 14.4 Å². The molecule has 0 radical (unpaired) electrons. The van der Waals surface area contributed by atoms with E-state index in [9.17, 15) is 13.2 Å². The van der Waals surface area contributed by atoms with Crippen molar-refractivity contribution < 1.29 is 17.9 Å². The van der Waals surface area contributed by atoms with Crippen LogP contribution in [0.2, 0.25) is 0 Å². The Kier molecular flexibility index (Phi) is 10.6. The molecule has 0 heterocycles. The van der Waals surface area contributed by atoms with Gasteiger partial charge < -0.3 is 10.1 Å². The van der Waals surface area contributed by atoms with Crippen molar-refractivity contribution in [3.63, 3.8) is 0 Å². The SMILES string of the molecule is CCOc1ccc(N(CC(=O)NCCSCc2ccccc2C)S(=O)(=O)c2ccc(SC)cc2)cc1. The molecule has 1 amide bonds. The van der Waals surface area contributed by atoms with E-state index in [0.29, 0.717) is 24.6 Å². The van der Waals surface area contributed by atoms with Crippen LogP contribution in [-0.2, 0) is 20.6 Å². The number of thioether (sulfide) groups is 2. The number of anilines is 1. The lowest BCUT2D eigenvalue weighted by atomic mass is 10.1. The summed E-state index contributed by atoms with van der Waals surface area (Å²) in [4.78, 5) is 13.9. The van der Waals surface area contributed by atoms with Gasteiger partial charge in [0, 0.05) is 22.9 Å². The Morgan fingerprint density at radius 3 is 2.33 bits per heavy atom. The monoisotopic (exact) mass is 544 g/mol. The molecule has 1 N–H and O–H groups in total. The van der Waals surface area contributed by atoms with Crippen LogP contribution in [0.3, 0.4) is 0 Å². The van der Waals surface area contributed by atoms with Gasteiger partial charge >= 0.3 is 0 Å². The topological polar surface area (TPSA) is 75.7 Å². The molecule has 0 saturated carbocycles. The van der Waals surface area contributed by atoms with E-state index in [2.05, 4.69) is 24.4 Å². The zero-order valence-electron chi connectivity index (χ0n) is 20.8. The highest BCUT2D eigenvalue weighted by Gasteiger charge is 2.27. The van der Waals surface area contributed by atoms with E-state index in [4.69, 9.17) is 4.74 Å². The standard InChI is InChI=1S/C27H32N2O4S3/c1-4-33-24-11-9-23(10-12-24)29(36(31,32)26-15-13-25(34-3)14-16-26)19-27(30)28-17-18-35-20-22-8-6-5-7-21(22)2/h5-16H,4,17-20H2,1-3H3,(H,28,30). The van der Waals surface area contributed by atoms with Crippen molar-refractivity contribution >= 4 is 45.1 Å². The van der Waals surface area contributed by atoms with E-state index < -0.39 is 10.0 Å². The molecule has 0 spiro atoms. The van der Waals surface area contributed by atoms with E-state index >= 15 is 0 Å². The average Bonchev–Trinajstić information content (AvgIpc) is 2.89. The molecule has 0 unspecified atom stereocenters. The van der Waals surface area contributed by atoms with Crippen LogP contribution in [0.1, 0.15) is 18.1 Å². The van der Waals surface area contributed by atoms with Gasteiger partial charge in [-0.15, -0.1) is 11.8 Å². The number of hydrogen-bond acceptors (Lipinski definition) is 6. The summed E-state index contributed by atoms with van der Waals surface area (Å²) in [6.07, 6.45) is 1.93. The van der Waals surface area contributed by atoms with Gasteiger partial charge in [0.15, 0.2) is 0 Å². The number of aryl methyl sites for hydroxylation is 1. The van der Waals surface area contributed by atoms with Crippen molar-refractivity contribution in [1.29, 1.82) is 0 Å². The first-order chi connectivity index (χ1) is 17.3. The number of ether oxygens (including phenoxy) is 1. The zero-order chi connectivity index (χ0) is 26.0. The normalized spacial score (nSPS) is 11.2. The predicted molar refractivity (Wildman–Crippen MR) is 151 cm³/mol. The van der Waals surface area contributed by atoms with Gasteiger partial charge in [0.1, 0.15) is 12.3 Å². The molecule has 0 atom stereocenters. The maximum absolute atomic E-state index is 13.5. The maximum Gasteiger partial charge on any atom is 0.264 e. The molecule has 6 nitrogen and oxygen atoms in total. The van der Waals surface area contributed by atoms with E-state index in [1.165, 1.54) is 22.9 Å². The van der Waals surface area contributed by atoms with E-state index in [0.717, 1.165) is 20.7 Å². The van der Waals surface area contributed by atoms with Crippen molar-refractivity contribution in [2.24, 2.45) is 0 Å². The Balaban J connectivity index is 1.68. The lowest BCUT2D eigenvalue weighted by Gasteiger charge is -2.24. The van der Waals surface area contributed by atoms with Gasteiger partial charge in [0.25, 0.3) is 10.0 Å². The Labute approximate surface area is 222 Å². The van der Waals surface area contributed by atoms with Crippen LogP contribution in [0.4, 0.5) is 5.69 Å². The average molecular weight is 545 g/mol. The molecule has 0 aliphatic rings. The molecule has 0 saturated heterocycles. The summed E-state index contributed by atoms with van der Waals surface area (Å²) in [6, 6.07) is 21.6. The Morgan fingerprint density at radius 1 is 1.00 bits per heavy atom. The molecule has 0 aliphatic heterocycles. The van der Waals surface area contributed by atoms with Gasteiger partial charge in [-0.3, -0.25) is 9.10 Å². The fourth-order valence-electron chi connectivity index (χ4n) is 3.47. The highest BCUT2D eigenvalue weighted by molar-refractivity contribution is 7.98. The van der Waals surface area contributed by atoms with Crippen LogP contribution in [0.5, 0.6) is 5.75 Å². The summed E-state index contributed by atoms with van der Waals surface area (Å²) < 4.78 is 33.7. The highest BCUT2D eigenvalue weighted by atomic mass is 32.2. The summed E-state index contributed by atoms with van der Waals surface area (Å²) in [5.41, 5.74) is 2.92. The Morgan fingerprint density at radius 2 is 1.69 bits per heavy atom. The van der Waals surface area contributed by atoms with Gasteiger partial charge in [-0.25, -0.2) is 8.42 Å². The fraction of sp³-hybridized carbons (Fsp3) is 0.296. The van der Waals surface area contributed by atoms with E-state index in [1.807, 2.05) is 25.3 Å². The van der Waals surface area contributed by atoms with Crippen LogP contribution >= 0.6 is 23.5 Å². The number of rotatable bonds is 13. The third-order valence-electron chi connectivity index (χ3n) is 5.46. The van der Waals surface area contributed by atoms with Crippen molar-refractivity contribution in [3.8, 4) is 5.75 Å². The number of amides is 1. The van der Waals surface area contributed by atoms with Crippen LogP contribution in [0.15, 0.2) is 82.6 Å². The first kappa shape index (κ1) is 28.0. The van der Waals surface area contributed by atoms with Crippen LogP contribution in [-0.4, -0.2) is 46.0 Å². The molecule has 0 fully saturated rings. The fourth-order valence-corrected chi connectivity index (χ4v) is 6.23. The third-order valence-corrected chi connectivity index (χ3v) is 9.00. The summed E-state index contributed by atoms with van der Waals surface area (Å²) >= 11 is 3.26. The number of nitrogens with one attached hydrogen (secondary N) is 1. The van der Waals surface area contributed by atoms with Gasteiger partial charge in [-0.2, -0.15) is 11.8 Å². The molecular formula is C27H32N2O4S3. The summed E-state index contributed by atoms with van der Waals surface area (Å²) in [7, 11) is -3.96. The maximum atomic E-state index is 13.5. The van der Waals surface area contributed by atoms with Crippen molar-refractivity contribution in [1.82, 2.24) is 5.32 Å². The van der Waals surface area contributed by atoms with Crippen molar-refractivity contribution in [3.05, 3.63) is 83.9 Å². The first-order valence-corrected chi connectivity index (χ1v) is 15.5. The molecule has 0 aliphatic carbocycles. The van der Waals surface area contributed by atoms with Gasteiger partial charge in [-0.05, 0) is 79.8 Å². The summed E-state index contributed by atoms with van der Waals surface area (Å²) in [5, 5.41) is 2.86. The quantitative estimate of drug-likeness (QED) is 0.231. The number of hydrogen-bond donors (Lipinski definition) is 1. The smallest absolute Gasteiger partial charge is 0.264 e. The van der Waals surface area contributed by atoms with E-state index in [1.54, 1.807) is 60.3 Å². The number of carbonyl (C=O) groups is 1. The Bertz CT molecular complexity index is 1230. The van der Waals surface area contributed by atoms with E-state index in [-0.39, 0.29) is 17.3 Å². The number of benzene rings is 3. The minimum Gasteiger partial charge on any atom is -0.494 e. The second-order valence-electron chi connectivity index (χ2n) is 7.94.